The highest BCUT2D eigenvalue weighted by atomic mass is 19.1. The number of nitrogens with two attached hydrogens (primary N) is 1. The lowest BCUT2D eigenvalue weighted by molar-refractivity contribution is -0.133. The predicted molar refractivity (Wildman–Crippen MR) is 87.5 cm³/mol. The second-order valence-electron chi connectivity index (χ2n) is 6.87. The Hall–Kier alpha value is -2.12. The molecule has 0 spiro atoms. The minimum atomic E-state index is -1.33. The van der Waals surface area contributed by atoms with E-state index < -0.39 is 17.9 Å². The van der Waals surface area contributed by atoms with E-state index in [2.05, 4.69) is 0 Å². The number of carbonyl (C=O) groups is 1. The Morgan fingerprint density at radius 2 is 2.00 bits per heavy atom. The van der Waals surface area contributed by atoms with Crippen molar-refractivity contribution in [1.82, 2.24) is 0 Å². The van der Waals surface area contributed by atoms with Gasteiger partial charge >= 0.3 is 5.97 Å². The Morgan fingerprint density at radius 3 is 2.54 bits per heavy atom. The standard InChI is InChI=1S/C17H20FN3O3/c1-8-14-11(4-13(18)15(8)20-5-9(19)6-20)16(22)12(17(23)24)7-21(14)10-2-3-10/h4,7,9-10,16,22H,2-3,5-6,19H2,1H3,(H,23,24). The maximum absolute atomic E-state index is 14.7. The molecule has 3 aliphatic rings. The van der Waals surface area contributed by atoms with Crippen LogP contribution in [0.1, 0.15) is 30.1 Å². The van der Waals surface area contributed by atoms with Crippen molar-refractivity contribution in [1.29, 1.82) is 0 Å². The molecule has 2 aliphatic heterocycles. The maximum atomic E-state index is 14.7. The molecule has 1 aliphatic carbocycles. The summed E-state index contributed by atoms with van der Waals surface area (Å²) in [6, 6.07) is 1.53. The summed E-state index contributed by atoms with van der Waals surface area (Å²) < 4.78 is 14.7. The summed E-state index contributed by atoms with van der Waals surface area (Å²) in [5, 5.41) is 19.8. The Kier molecular flexibility index (Phi) is 3.33. The van der Waals surface area contributed by atoms with E-state index in [1.54, 1.807) is 0 Å². The Bertz CT molecular complexity index is 754. The summed E-state index contributed by atoms with van der Waals surface area (Å²) in [7, 11) is 0. The maximum Gasteiger partial charge on any atom is 0.336 e. The van der Waals surface area contributed by atoms with Crippen LogP contribution in [0.5, 0.6) is 0 Å². The molecule has 6 nitrogen and oxygen atoms in total. The summed E-state index contributed by atoms with van der Waals surface area (Å²) in [5.74, 6) is -1.63. The fraction of sp³-hybridized carbons (Fsp3) is 0.471. The molecule has 0 amide bonds. The number of fused-ring (bicyclic) bond motifs is 1. The average molecular weight is 333 g/mol. The number of carboxylic acids is 1. The summed E-state index contributed by atoms with van der Waals surface area (Å²) in [4.78, 5) is 15.2. The number of halogens is 1. The molecule has 0 aromatic heterocycles. The van der Waals surface area contributed by atoms with Gasteiger partial charge in [-0.25, -0.2) is 9.18 Å². The number of rotatable bonds is 3. The van der Waals surface area contributed by atoms with E-state index in [0.29, 0.717) is 24.3 Å². The number of carboxylic acid groups (broad SMARTS) is 1. The van der Waals surface area contributed by atoms with Gasteiger partial charge in [0.1, 0.15) is 11.9 Å². The molecule has 1 saturated heterocycles. The summed E-state index contributed by atoms with van der Waals surface area (Å²) >= 11 is 0. The van der Waals surface area contributed by atoms with Crippen molar-refractivity contribution < 1.29 is 19.4 Å². The van der Waals surface area contributed by atoms with E-state index in [4.69, 9.17) is 5.73 Å². The number of aliphatic hydroxyl groups excluding tert-OH is 1. The van der Waals surface area contributed by atoms with Gasteiger partial charge in [-0.05, 0) is 31.4 Å². The van der Waals surface area contributed by atoms with Gasteiger partial charge in [0.05, 0.1) is 16.9 Å². The molecule has 7 heteroatoms. The Balaban J connectivity index is 1.86. The number of aliphatic carboxylic acids is 1. The van der Waals surface area contributed by atoms with E-state index in [1.807, 2.05) is 16.7 Å². The van der Waals surface area contributed by atoms with Gasteiger partial charge in [-0.3, -0.25) is 0 Å². The molecule has 4 rings (SSSR count). The molecule has 1 aromatic rings. The molecule has 2 fully saturated rings. The third-order valence-electron chi connectivity index (χ3n) is 5.03. The molecule has 1 saturated carbocycles. The van der Waals surface area contributed by atoms with Crippen LogP contribution in [0.3, 0.4) is 0 Å². The van der Waals surface area contributed by atoms with Gasteiger partial charge in [0.2, 0.25) is 0 Å². The third-order valence-corrected chi connectivity index (χ3v) is 5.03. The molecule has 0 radical (unpaired) electrons. The molecule has 1 atom stereocenters. The lowest BCUT2D eigenvalue weighted by Gasteiger charge is -2.42. The monoisotopic (exact) mass is 333 g/mol. The zero-order chi connectivity index (χ0) is 17.2. The van der Waals surface area contributed by atoms with E-state index in [0.717, 1.165) is 24.1 Å². The highest BCUT2D eigenvalue weighted by Gasteiger charge is 2.40. The smallest absolute Gasteiger partial charge is 0.336 e. The van der Waals surface area contributed by atoms with Crippen molar-refractivity contribution in [2.45, 2.75) is 38.0 Å². The second-order valence-corrected chi connectivity index (χ2v) is 6.87. The van der Waals surface area contributed by atoms with Crippen molar-refractivity contribution in [3.8, 4) is 0 Å². The van der Waals surface area contributed by atoms with Gasteiger partial charge in [-0.1, -0.05) is 0 Å². The Morgan fingerprint density at radius 1 is 1.33 bits per heavy atom. The second kappa shape index (κ2) is 5.19. The van der Waals surface area contributed by atoms with E-state index in [9.17, 15) is 19.4 Å². The zero-order valence-corrected chi connectivity index (χ0v) is 13.4. The first-order chi connectivity index (χ1) is 11.4. The van der Waals surface area contributed by atoms with Crippen LogP contribution in [0.15, 0.2) is 17.8 Å². The SMILES string of the molecule is Cc1c(N2CC(N)C2)c(F)cc2c1N(C1CC1)C=C(C(=O)O)C2O. The number of hydrogen-bond donors (Lipinski definition) is 3. The van der Waals surface area contributed by atoms with Crippen LogP contribution in [0.4, 0.5) is 15.8 Å². The molecule has 0 bridgehead atoms. The van der Waals surface area contributed by atoms with E-state index in [1.165, 1.54) is 12.3 Å². The van der Waals surface area contributed by atoms with Gasteiger partial charge in [-0.15, -0.1) is 0 Å². The molecule has 4 N–H and O–H groups in total. The fourth-order valence-corrected chi connectivity index (χ4v) is 3.68. The van der Waals surface area contributed by atoms with Crippen molar-refractivity contribution >= 4 is 17.3 Å². The number of hydrogen-bond acceptors (Lipinski definition) is 5. The first kappa shape index (κ1) is 15.4. The van der Waals surface area contributed by atoms with Gasteiger partial charge in [-0.2, -0.15) is 0 Å². The minimum Gasteiger partial charge on any atom is -0.478 e. The summed E-state index contributed by atoms with van der Waals surface area (Å²) in [6.07, 6.45) is 2.09. The first-order valence-electron chi connectivity index (χ1n) is 8.13. The van der Waals surface area contributed by atoms with Crippen LogP contribution in [0, 0.1) is 12.7 Å². The summed E-state index contributed by atoms with van der Waals surface area (Å²) in [5.41, 5.74) is 7.97. The van der Waals surface area contributed by atoms with Gasteiger partial charge in [0, 0.05) is 36.9 Å². The van der Waals surface area contributed by atoms with Crippen LogP contribution in [-0.2, 0) is 4.79 Å². The largest absolute Gasteiger partial charge is 0.478 e. The van der Waals surface area contributed by atoms with Gasteiger partial charge in [0.15, 0.2) is 0 Å². The minimum absolute atomic E-state index is 0.0449. The van der Waals surface area contributed by atoms with Crippen molar-refractivity contribution in [3.05, 3.63) is 34.8 Å². The fourth-order valence-electron chi connectivity index (χ4n) is 3.68. The molecule has 1 aromatic carbocycles. The van der Waals surface area contributed by atoms with E-state index in [-0.39, 0.29) is 17.7 Å². The predicted octanol–water partition coefficient (Wildman–Crippen LogP) is 1.27. The molecule has 24 heavy (non-hydrogen) atoms. The molecular formula is C17H20FN3O3. The lowest BCUT2D eigenvalue weighted by Crippen LogP contribution is -2.56. The number of benzene rings is 1. The zero-order valence-electron chi connectivity index (χ0n) is 13.4. The number of nitrogens with zero attached hydrogens (tertiary/aromatic N) is 2. The highest BCUT2D eigenvalue weighted by molar-refractivity contribution is 5.91. The molecule has 128 valence electrons. The topological polar surface area (TPSA) is 90.0 Å². The van der Waals surface area contributed by atoms with Crippen LogP contribution >= 0.6 is 0 Å². The number of anilines is 2. The summed E-state index contributed by atoms with van der Waals surface area (Å²) in [6.45, 7) is 3.01. The van der Waals surface area contributed by atoms with Gasteiger partial charge < -0.3 is 25.7 Å². The number of aliphatic hydroxyl groups is 1. The van der Waals surface area contributed by atoms with Crippen LogP contribution in [0.2, 0.25) is 0 Å². The molecule has 2 heterocycles. The van der Waals surface area contributed by atoms with Crippen molar-refractivity contribution in [2.24, 2.45) is 5.73 Å². The highest BCUT2D eigenvalue weighted by Crippen LogP contribution is 2.47. The van der Waals surface area contributed by atoms with Crippen LogP contribution in [0.25, 0.3) is 0 Å². The normalized spacial score (nSPS) is 23.7. The Labute approximate surface area is 139 Å². The van der Waals surface area contributed by atoms with Crippen LogP contribution in [-0.4, -0.2) is 41.4 Å². The molecule has 1 unspecified atom stereocenters. The lowest BCUT2D eigenvalue weighted by atomic mass is 9.91. The van der Waals surface area contributed by atoms with Crippen molar-refractivity contribution in [2.75, 3.05) is 22.9 Å². The average Bonchev–Trinajstić information content (AvgIpc) is 3.30. The quantitative estimate of drug-likeness (QED) is 0.772. The van der Waals surface area contributed by atoms with Gasteiger partial charge in [0.25, 0.3) is 0 Å². The van der Waals surface area contributed by atoms with Crippen molar-refractivity contribution in [3.63, 3.8) is 0 Å². The van der Waals surface area contributed by atoms with E-state index >= 15 is 0 Å². The van der Waals surface area contributed by atoms with Crippen LogP contribution < -0.4 is 15.5 Å². The first-order valence-corrected chi connectivity index (χ1v) is 8.13. The molecular weight excluding hydrogens is 313 g/mol. The third kappa shape index (κ3) is 2.19.